The third-order valence-corrected chi connectivity index (χ3v) is 2.76. The SMILES string of the molecule is Nc1ccc(-c2nc(CC(F)(F)F)no2)cc1Br. The number of alkyl halides is 3. The van der Waals surface area contributed by atoms with Crippen molar-refractivity contribution in [3.8, 4) is 11.5 Å². The van der Waals surface area contributed by atoms with Crippen LogP contribution in [0.4, 0.5) is 18.9 Å². The maximum Gasteiger partial charge on any atom is 0.396 e. The first kappa shape index (κ1) is 12.9. The highest BCUT2D eigenvalue weighted by Gasteiger charge is 2.30. The van der Waals surface area contributed by atoms with Crippen LogP contribution < -0.4 is 5.73 Å². The molecule has 8 heteroatoms. The van der Waals surface area contributed by atoms with Crippen LogP contribution in [-0.2, 0) is 6.42 Å². The number of halogens is 4. The van der Waals surface area contributed by atoms with Crippen molar-refractivity contribution in [1.29, 1.82) is 0 Å². The number of hydrogen-bond acceptors (Lipinski definition) is 4. The summed E-state index contributed by atoms with van der Waals surface area (Å²) in [6.45, 7) is 0. The number of nitrogens with two attached hydrogens (primary N) is 1. The maximum atomic E-state index is 12.1. The van der Waals surface area contributed by atoms with Gasteiger partial charge in [-0.25, -0.2) is 0 Å². The minimum atomic E-state index is -4.36. The molecule has 2 rings (SSSR count). The van der Waals surface area contributed by atoms with Gasteiger partial charge in [0.2, 0.25) is 0 Å². The summed E-state index contributed by atoms with van der Waals surface area (Å²) in [6.07, 6.45) is -5.57. The van der Waals surface area contributed by atoms with Crippen LogP contribution in [0, 0.1) is 0 Å². The first-order valence-electron chi connectivity index (χ1n) is 4.80. The molecular weight excluding hydrogens is 315 g/mol. The molecule has 0 aliphatic carbocycles. The van der Waals surface area contributed by atoms with Gasteiger partial charge in [-0.15, -0.1) is 0 Å². The monoisotopic (exact) mass is 321 g/mol. The Kier molecular flexibility index (Phi) is 3.29. The molecule has 96 valence electrons. The lowest BCUT2D eigenvalue weighted by atomic mass is 10.2. The van der Waals surface area contributed by atoms with E-state index in [4.69, 9.17) is 10.3 Å². The van der Waals surface area contributed by atoms with Gasteiger partial charge < -0.3 is 10.3 Å². The molecule has 1 aromatic carbocycles. The first-order valence-corrected chi connectivity index (χ1v) is 5.59. The Hall–Kier alpha value is -1.57. The topological polar surface area (TPSA) is 64.9 Å². The summed E-state index contributed by atoms with van der Waals surface area (Å²) in [5.74, 6) is -0.375. The Morgan fingerprint density at radius 2 is 2.06 bits per heavy atom. The fourth-order valence-electron chi connectivity index (χ4n) is 1.28. The van der Waals surface area contributed by atoms with E-state index in [1.807, 2.05) is 0 Å². The number of nitrogens with zero attached hydrogens (tertiary/aromatic N) is 2. The second-order valence-corrected chi connectivity index (χ2v) is 4.40. The number of hydrogen-bond donors (Lipinski definition) is 1. The Morgan fingerprint density at radius 3 is 2.67 bits per heavy atom. The lowest BCUT2D eigenvalue weighted by molar-refractivity contribution is -0.128. The summed E-state index contributed by atoms with van der Waals surface area (Å²) in [7, 11) is 0. The van der Waals surface area contributed by atoms with Crippen LogP contribution in [0.15, 0.2) is 27.2 Å². The smallest absolute Gasteiger partial charge is 0.396 e. The molecule has 0 aliphatic rings. The predicted octanol–water partition coefficient (Wildman–Crippen LogP) is 3.19. The number of nitrogen functional groups attached to an aromatic ring is 1. The minimum Gasteiger partial charge on any atom is -0.398 e. The average molecular weight is 322 g/mol. The fraction of sp³-hybridized carbons (Fsp3) is 0.200. The van der Waals surface area contributed by atoms with E-state index < -0.39 is 18.4 Å². The van der Waals surface area contributed by atoms with Crippen molar-refractivity contribution in [3.05, 3.63) is 28.5 Å². The molecule has 2 N–H and O–H groups in total. The van der Waals surface area contributed by atoms with Crippen molar-refractivity contribution in [1.82, 2.24) is 10.1 Å². The zero-order valence-electron chi connectivity index (χ0n) is 8.83. The van der Waals surface area contributed by atoms with Crippen molar-refractivity contribution in [2.45, 2.75) is 12.6 Å². The summed E-state index contributed by atoms with van der Waals surface area (Å²) in [5, 5.41) is 3.28. The minimum absolute atomic E-state index is 0.0231. The van der Waals surface area contributed by atoms with Crippen LogP contribution in [0.2, 0.25) is 0 Å². The van der Waals surface area contributed by atoms with Gasteiger partial charge in [0.15, 0.2) is 5.82 Å². The van der Waals surface area contributed by atoms with E-state index >= 15 is 0 Å². The van der Waals surface area contributed by atoms with E-state index in [-0.39, 0.29) is 5.89 Å². The van der Waals surface area contributed by atoms with Crippen molar-refractivity contribution in [2.75, 3.05) is 5.73 Å². The van der Waals surface area contributed by atoms with Crippen molar-refractivity contribution < 1.29 is 17.7 Å². The highest BCUT2D eigenvalue weighted by molar-refractivity contribution is 9.10. The number of benzene rings is 1. The molecule has 0 saturated carbocycles. The molecule has 0 amide bonds. The van der Waals surface area contributed by atoms with Crippen LogP contribution in [0.5, 0.6) is 0 Å². The van der Waals surface area contributed by atoms with Crippen LogP contribution in [-0.4, -0.2) is 16.3 Å². The summed E-state index contributed by atoms with van der Waals surface area (Å²) in [5.41, 5.74) is 6.60. The van der Waals surface area contributed by atoms with Gasteiger partial charge in [0, 0.05) is 15.7 Å². The summed E-state index contributed by atoms with van der Waals surface area (Å²) in [4.78, 5) is 3.68. The van der Waals surface area contributed by atoms with Gasteiger partial charge in [-0.1, -0.05) is 5.16 Å². The van der Waals surface area contributed by atoms with Crippen LogP contribution in [0.3, 0.4) is 0 Å². The van der Waals surface area contributed by atoms with Crippen LogP contribution in [0.1, 0.15) is 5.82 Å². The van der Waals surface area contributed by atoms with Gasteiger partial charge in [0.25, 0.3) is 5.89 Å². The van der Waals surface area contributed by atoms with Gasteiger partial charge in [0.1, 0.15) is 6.42 Å². The largest absolute Gasteiger partial charge is 0.398 e. The van der Waals surface area contributed by atoms with Crippen molar-refractivity contribution in [3.63, 3.8) is 0 Å². The quantitative estimate of drug-likeness (QED) is 0.863. The van der Waals surface area contributed by atoms with E-state index in [2.05, 4.69) is 26.1 Å². The molecule has 2 aromatic rings. The second-order valence-electron chi connectivity index (χ2n) is 3.54. The van der Waals surface area contributed by atoms with Gasteiger partial charge in [-0.3, -0.25) is 0 Å². The van der Waals surface area contributed by atoms with Gasteiger partial charge in [-0.2, -0.15) is 18.2 Å². The normalized spacial score (nSPS) is 11.8. The van der Waals surface area contributed by atoms with Crippen LogP contribution >= 0.6 is 15.9 Å². The molecule has 0 saturated heterocycles. The van der Waals surface area contributed by atoms with E-state index in [0.29, 0.717) is 15.7 Å². The van der Waals surface area contributed by atoms with E-state index in [1.165, 1.54) is 0 Å². The highest BCUT2D eigenvalue weighted by Crippen LogP contribution is 2.27. The highest BCUT2D eigenvalue weighted by atomic mass is 79.9. The second kappa shape index (κ2) is 4.60. The zero-order valence-corrected chi connectivity index (χ0v) is 10.4. The van der Waals surface area contributed by atoms with E-state index in [1.54, 1.807) is 18.2 Å². The zero-order chi connectivity index (χ0) is 13.3. The molecule has 18 heavy (non-hydrogen) atoms. The lowest BCUT2D eigenvalue weighted by Gasteiger charge is -2.00. The third-order valence-electron chi connectivity index (χ3n) is 2.07. The summed E-state index contributed by atoms with van der Waals surface area (Å²) < 4.78 is 41.7. The van der Waals surface area contributed by atoms with E-state index in [9.17, 15) is 13.2 Å². The number of rotatable bonds is 2. The Morgan fingerprint density at radius 1 is 1.33 bits per heavy atom. The molecule has 0 bridgehead atoms. The first-order chi connectivity index (χ1) is 8.35. The van der Waals surface area contributed by atoms with E-state index in [0.717, 1.165) is 0 Å². The van der Waals surface area contributed by atoms with Gasteiger partial charge in [-0.05, 0) is 34.1 Å². The van der Waals surface area contributed by atoms with Crippen molar-refractivity contribution in [2.24, 2.45) is 0 Å². The summed E-state index contributed by atoms with van der Waals surface area (Å²) in [6, 6.07) is 4.78. The molecule has 0 spiro atoms. The Bertz CT molecular complexity index is 568. The Labute approximate surface area is 108 Å². The van der Waals surface area contributed by atoms with Gasteiger partial charge >= 0.3 is 6.18 Å². The average Bonchev–Trinajstić information content (AvgIpc) is 2.68. The Balaban J connectivity index is 2.26. The molecule has 0 radical (unpaired) electrons. The molecule has 0 fully saturated rings. The molecule has 4 nitrogen and oxygen atoms in total. The number of anilines is 1. The fourth-order valence-corrected chi connectivity index (χ4v) is 1.66. The molecule has 1 aromatic heterocycles. The lowest BCUT2D eigenvalue weighted by Crippen LogP contribution is -2.12. The number of aromatic nitrogens is 2. The molecule has 0 aliphatic heterocycles. The van der Waals surface area contributed by atoms with Crippen LogP contribution in [0.25, 0.3) is 11.5 Å². The summed E-state index contributed by atoms with van der Waals surface area (Å²) >= 11 is 3.20. The molecule has 1 heterocycles. The van der Waals surface area contributed by atoms with Gasteiger partial charge in [0.05, 0.1) is 0 Å². The molecule has 0 atom stereocenters. The molecular formula is C10H7BrF3N3O. The third kappa shape index (κ3) is 3.00. The maximum absolute atomic E-state index is 12.1. The standard InChI is InChI=1S/C10H7BrF3N3O/c11-6-3-5(1-2-7(6)15)9-16-8(17-18-9)4-10(12,13)14/h1-3H,4,15H2. The molecule has 0 unspecified atom stereocenters. The predicted molar refractivity (Wildman–Crippen MR) is 61.6 cm³/mol. The van der Waals surface area contributed by atoms with Crippen molar-refractivity contribution >= 4 is 21.6 Å².